The number of ether oxygens (including phenoxy) is 4. The summed E-state index contributed by atoms with van der Waals surface area (Å²) < 4.78 is 68.5. The first kappa shape index (κ1) is 93.1. The van der Waals surface area contributed by atoms with Gasteiger partial charge in [0.25, 0.3) is 0 Å². The van der Waals surface area contributed by atoms with E-state index in [4.69, 9.17) is 37.0 Å². The van der Waals surface area contributed by atoms with Gasteiger partial charge in [0, 0.05) is 25.7 Å². The van der Waals surface area contributed by atoms with E-state index in [1.54, 1.807) is 0 Å². The second-order valence-electron chi connectivity index (χ2n) is 29.1. The number of carbonyl (C=O) groups is 4. The molecule has 0 aliphatic rings. The van der Waals surface area contributed by atoms with Gasteiger partial charge < -0.3 is 33.8 Å². The Balaban J connectivity index is 5.19. The lowest BCUT2D eigenvalue weighted by Crippen LogP contribution is -2.30. The minimum atomic E-state index is -4.96. The zero-order chi connectivity index (χ0) is 70.3. The van der Waals surface area contributed by atoms with Crippen molar-refractivity contribution in [2.75, 3.05) is 39.6 Å². The number of esters is 4. The number of aliphatic hydroxyl groups excluding tert-OH is 1. The summed E-state index contributed by atoms with van der Waals surface area (Å²) in [6.45, 7) is 14.1. The number of hydrogen-bond acceptors (Lipinski definition) is 15. The third-order valence-electron chi connectivity index (χ3n) is 17.9. The Morgan fingerprint density at radius 2 is 0.505 bits per heavy atom. The molecule has 0 amide bonds. The molecule has 0 aromatic rings. The highest BCUT2D eigenvalue weighted by atomic mass is 31.2. The van der Waals surface area contributed by atoms with Gasteiger partial charge in [-0.25, -0.2) is 9.13 Å². The molecule has 19 heteroatoms. The van der Waals surface area contributed by atoms with Gasteiger partial charge in [-0.05, 0) is 49.4 Å². The van der Waals surface area contributed by atoms with Crippen LogP contribution in [0.2, 0.25) is 0 Å². The van der Waals surface area contributed by atoms with Crippen LogP contribution in [0.1, 0.15) is 383 Å². The summed E-state index contributed by atoms with van der Waals surface area (Å²) in [5.74, 6) is 0.891. The summed E-state index contributed by atoms with van der Waals surface area (Å²) in [5.41, 5.74) is 0. The highest BCUT2D eigenvalue weighted by Gasteiger charge is 2.30. The standard InChI is InChI=1S/C76H148O17P2/c1-9-69(8)55-47-39-33-35-41-49-57-74(79)87-63-72(93-76(81)59-51-43-31-27-23-19-15-11-13-17-21-25-29-37-45-53-67(4)5)65-91-95(84,85)89-61-70(77)60-88-94(82,83)90-64-71(62-86-73(78)56-48-40-34-32-38-46-54-68(6)7)92-75(80)58-50-42-30-26-22-18-14-10-12-16-20-24-28-36-44-52-66(2)3/h66-72,77H,9-65H2,1-8H3,(H,82,83)(H,84,85)/t69?,70?,71-,72-/m1/s1. The van der Waals surface area contributed by atoms with Crippen molar-refractivity contribution in [3.63, 3.8) is 0 Å². The zero-order valence-electron chi connectivity index (χ0n) is 62.3. The molecule has 0 rings (SSSR count). The van der Waals surface area contributed by atoms with Crippen LogP contribution in [0, 0.1) is 23.7 Å². The molecule has 0 heterocycles. The number of rotatable bonds is 73. The summed E-state index contributed by atoms with van der Waals surface area (Å²) in [7, 11) is -9.91. The molecule has 95 heavy (non-hydrogen) atoms. The molecular formula is C76H148O17P2. The third kappa shape index (κ3) is 69.0. The molecule has 0 aliphatic carbocycles. The van der Waals surface area contributed by atoms with Crippen LogP contribution in [0.5, 0.6) is 0 Å². The predicted molar refractivity (Wildman–Crippen MR) is 386 cm³/mol. The van der Waals surface area contributed by atoms with E-state index >= 15 is 0 Å². The quantitative estimate of drug-likeness (QED) is 0.0222. The smallest absolute Gasteiger partial charge is 0.462 e. The van der Waals surface area contributed by atoms with Crippen LogP contribution in [-0.2, 0) is 65.4 Å². The van der Waals surface area contributed by atoms with E-state index in [0.29, 0.717) is 31.6 Å². The fourth-order valence-corrected chi connectivity index (χ4v) is 13.1. The van der Waals surface area contributed by atoms with Gasteiger partial charge >= 0.3 is 39.5 Å². The topological polar surface area (TPSA) is 237 Å². The van der Waals surface area contributed by atoms with Crippen molar-refractivity contribution < 1.29 is 80.2 Å². The summed E-state index contributed by atoms with van der Waals surface area (Å²) in [5, 5.41) is 10.6. The van der Waals surface area contributed by atoms with E-state index in [9.17, 15) is 43.2 Å². The molecule has 0 radical (unpaired) electrons. The maximum Gasteiger partial charge on any atom is 0.472 e. The van der Waals surface area contributed by atoms with Gasteiger partial charge in [0.05, 0.1) is 26.4 Å². The molecule has 6 atom stereocenters. The maximum atomic E-state index is 13.1. The Morgan fingerprint density at radius 3 is 0.747 bits per heavy atom. The third-order valence-corrected chi connectivity index (χ3v) is 19.8. The van der Waals surface area contributed by atoms with Crippen LogP contribution in [0.3, 0.4) is 0 Å². The lowest BCUT2D eigenvalue weighted by Gasteiger charge is -2.21. The molecule has 0 spiro atoms. The number of carbonyl (C=O) groups excluding carboxylic acids is 4. The SMILES string of the molecule is CCC(C)CCCCCCCCC(=O)OC[C@H](COP(=O)(O)OCC(O)COP(=O)(O)OC[C@@H](COC(=O)CCCCCCCCC(C)C)OC(=O)CCCCCCCCCCCCCCCCCC(C)C)OC(=O)CCCCCCCCCCCCCCCCCC(C)C. The van der Waals surface area contributed by atoms with Gasteiger partial charge in [-0.2, -0.15) is 0 Å². The molecule has 0 saturated heterocycles. The number of unbranched alkanes of at least 4 members (excludes halogenated alkanes) is 38. The van der Waals surface area contributed by atoms with E-state index in [1.165, 1.54) is 173 Å². The van der Waals surface area contributed by atoms with Gasteiger partial charge in [0.15, 0.2) is 12.2 Å². The van der Waals surface area contributed by atoms with E-state index in [0.717, 1.165) is 120 Å². The first-order chi connectivity index (χ1) is 45.6. The molecular weight excluding hydrogens is 1250 g/mol. The monoisotopic (exact) mass is 1400 g/mol. The second kappa shape index (κ2) is 65.4. The minimum Gasteiger partial charge on any atom is -0.462 e. The van der Waals surface area contributed by atoms with Crippen LogP contribution in [0.25, 0.3) is 0 Å². The van der Waals surface area contributed by atoms with Crippen molar-refractivity contribution in [3.05, 3.63) is 0 Å². The van der Waals surface area contributed by atoms with E-state index in [2.05, 4.69) is 55.4 Å². The van der Waals surface area contributed by atoms with Gasteiger partial charge in [0.2, 0.25) is 0 Å². The van der Waals surface area contributed by atoms with Crippen LogP contribution < -0.4 is 0 Å². The fourth-order valence-electron chi connectivity index (χ4n) is 11.5. The summed E-state index contributed by atoms with van der Waals surface area (Å²) in [4.78, 5) is 72.7. The first-order valence-electron chi connectivity index (χ1n) is 39.2. The molecule has 3 N–H and O–H groups in total. The number of phosphoric ester groups is 2. The van der Waals surface area contributed by atoms with E-state index in [1.807, 2.05) is 0 Å². The van der Waals surface area contributed by atoms with Crippen molar-refractivity contribution in [1.82, 2.24) is 0 Å². The van der Waals surface area contributed by atoms with Gasteiger partial charge in [-0.15, -0.1) is 0 Å². The fraction of sp³-hybridized carbons (Fsp3) is 0.947. The highest BCUT2D eigenvalue weighted by Crippen LogP contribution is 2.45. The highest BCUT2D eigenvalue weighted by molar-refractivity contribution is 7.47. The Bertz CT molecular complexity index is 1870. The summed E-state index contributed by atoms with van der Waals surface area (Å²) in [6.07, 6.45) is 50.2. The Hall–Kier alpha value is -1.94. The van der Waals surface area contributed by atoms with Crippen molar-refractivity contribution >= 4 is 39.5 Å². The van der Waals surface area contributed by atoms with Crippen molar-refractivity contribution in [2.24, 2.45) is 23.7 Å². The molecule has 564 valence electrons. The predicted octanol–water partition coefficient (Wildman–Crippen LogP) is 22.0. The van der Waals surface area contributed by atoms with Gasteiger partial charge in [-0.1, -0.05) is 331 Å². The van der Waals surface area contributed by atoms with Crippen LogP contribution >= 0.6 is 15.6 Å². The average molecular weight is 1400 g/mol. The normalized spacial score (nSPS) is 14.4. The molecule has 4 unspecified atom stereocenters. The number of phosphoric acid groups is 2. The molecule has 0 aromatic heterocycles. The van der Waals surface area contributed by atoms with Crippen LogP contribution in [0.15, 0.2) is 0 Å². The number of hydrogen-bond donors (Lipinski definition) is 3. The Kier molecular flexibility index (Phi) is 64.0. The second-order valence-corrected chi connectivity index (χ2v) is 32.0. The molecule has 0 aliphatic heterocycles. The van der Waals surface area contributed by atoms with E-state index < -0.39 is 97.5 Å². The minimum absolute atomic E-state index is 0.106. The largest absolute Gasteiger partial charge is 0.472 e. The lowest BCUT2D eigenvalue weighted by molar-refractivity contribution is -0.161. The first-order valence-corrected chi connectivity index (χ1v) is 42.2. The average Bonchev–Trinajstić information content (AvgIpc) is 1.66. The molecule has 0 saturated carbocycles. The lowest BCUT2D eigenvalue weighted by atomic mass is 10.00. The van der Waals surface area contributed by atoms with E-state index in [-0.39, 0.29) is 25.7 Å². The number of aliphatic hydroxyl groups is 1. The van der Waals surface area contributed by atoms with Crippen LogP contribution in [0.4, 0.5) is 0 Å². The van der Waals surface area contributed by atoms with Crippen molar-refractivity contribution in [2.45, 2.75) is 401 Å². The molecule has 0 fully saturated rings. The summed E-state index contributed by atoms with van der Waals surface area (Å²) >= 11 is 0. The van der Waals surface area contributed by atoms with Crippen LogP contribution in [-0.4, -0.2) is 96.7 Å². The summed E-state index contributed by atoms with van der Waals surface area (Å²) in [6, 6.07) is 0. The van der Waals surface area contributed by atoms with Gasteiger partial charge in [0.1, 0.15) is 19.3 Å². The van der Waals surface area contributed by atoms with Crippen molar-refractivity contribution in [1.29, 1.82) is 0 Å². The molecule has 17 nitrogen and oxygen atoms in total. The van der Waals surface area contributed by atoms with Gasteiger partial charge in [-0.3, -0.25) is 37.3 Å². The van der Waals surface area contributed by atoms with Crippen molar-refractivity contribution in [3.8, 4) is 0 Å². The molecule has 0 aromatic carbocycles. The Morgan fingerprint density at radius 1 is 0.295 bits per heavy atom. The maximum absolute atomic E-state index is 13.1. The Labute approximate surface area is 581 Å². The zero-order valence-corrected chi connectivity index (χ0v) is 64.1. The molecule has 0 bridgehead atoms.